The van der Waals surface area contributed by atoms with Crippen molar-refractivity contribution < 1.29 is 4.79 Å². The first-order valence-electron chi connectivity index (χ1n) is 4.95. The minimum atomic E-state index is 0.119. The number of hydrogen-bond donors (Lipinski definition) is 1. The highest BCUT2D eigenvalue weighted by Crippen LogP contribution is 2.06. The summed E-state index contributed by atoms with van der Waals surface area (Å²) in [5.41, 5.74) is 0. The molecule has 0 fully saturated rings. The smallest absolute Gasteiger partial charge is 0.220 e. The summed E-state index contributed by atoms with van der Waals surface area (Å²) in [6.07, 6.45) is 2.45. The predicted octanol–water partition coefficient (Wildman–Crippen LogP) is 2.56. The van der Waals surface area contributed by atoms with Gasteiger partial charge in [-0.15, -0.1) is 11.6 Å². The van der Waals surface area contributed by atoms with Crippen LogP contribution in [-0.4, -0.2) is 17.8 Å². The Morgan fingerprint density at radius 3 is 2.46 bits per heavy atom. The first-order valence-corrected chi connectivity index (χ1v) is 5.48. The van der Waals surface area contributed by atoms with E-state index in [9.17, 15) is 4.79 Å². The fourth-order valence-electron chi connectivity index (χ4n) is 1.26. The van der Waals surface area contributed by atoms with Crippen LogP contribution in [0.25, 0.3) is 0 Å². The largest absolute Gasteiger partial charge is 0.352 e. The Bertz CT molecular complexity index is 148. The summed E-state index contributed by atoms with van der Waals surface area (Å²) in [7, 11) is 0. The van der Waals surface area contributed by atoms with Gasteiger partial charge < -0.3 is 5.32 Å². The number of nitrogens with one attached hydrogen (secondary N) is 1. The molecule has 0 aromatic heterocycles. The molecule has 1 unspecified atom stereocenters. The second kappa shape index (κ2) is 7.19. The molecule has 13 heavy (non-hydrogen) atoms. The van der Waals surface area contributed by atoms with Crippen molar-refractivity contribution in [1.29, 1.82) is 0 Å². The van der Waals surface area contributed by atoms with Crippen LogP contribution in [0, 0.1) is 5.92 Å². The Kier molecular flexibility index (Phi) is 7.06. The number of alkyl halides is 1. The van der Waals surface area contributed by atoms with E-state index in [-0.39, 0.29) is 11.9 Å². The maximum absolute atomic E-state index is 11.2. The monoisotopic (exact) mass is 205 g/mol. The van der Waals surface area contributed by atoms with Crippen molar-refractivity contribution >= 4 is 17.5 Å². The third-order valence-electron chi connectivity index (χ3n) is 1.78. The van der Waals surface area contributed by atoms with Gasteiger partial charge in [0, 0.05) is 18.3 Å². The molecule has 0 bridgehead atoms. The molecule has 0 saturated carbocycles. The minimum absolute atomic E-state index is 0.119. The van der Waals surface area contributed by atoms with E-state index in [2.05, 4.69) is 19.2 Å². The number of rotatable bonds is 6. The predicted molar refractivity (Wildman–Crippen MR) is 57.0 cm³/mol. The Hall–Kier alpha value is -0.240. The zero-order valence-electron chi connectivity index (χ0n) is 8.77. The van der Waals surface area contributed by atoms with Crippen LogP contribution in [-0.2, 0) is 4.79 Å². The van der Waals surface area contributed by atoms with Crippen LogP contribution < -0.4 is 5.32 Å². The van der Waals surface area contributed by atoms with Gasteiger partial charge in [-0.25, -0.2) is 0 Å². The van der Waals surface area contributed by atoms with E-state index in [1.807, 2.05) is 6.92 Å². The molecule has 1 amide bonds. The molecule has 0 radical (unpaired) electrons. The number of carbonyl (C=O) groups excluding carboxylic acids is 1. The molecule has 3 heteroatoms. The molecule has 0 heterocycles. The van der Waals surface area contributed by atoms with Crippen molar-refractivity contribution in [3.8, 4) is 0 Å². The van der Waals surface area contributed by atoms with Gasteiger partial charge in [-0.05, 0) is 18.8 Å². The van der Waals surface area contributed by atoms with E-state index in [1.165, 1.54) is 0 Å². The molecule has 2 nitrogen and oxygen atoms in total. The highest BCUT2D eigenvalue weighted by atomic mass is 35.5. The van der Waals surface area contributed by atoms with Crippen LogP contribution in [0.5, 0.6) is 0 Å². The third-order valence-corrected chi connectivity index (χ3v) is 2.16. The average molecular weight is 206 g/mol. The highest BCUT2D eigenvalue weighted by molar-refractivity contribution is 6.18. The summed E-state index contributed by atoms with van der Waals surface area (Å²) in [5, 5.41) is 2.93. The van der Waals surface area contributed by atoms with Gasteiger partial charge in [0.15, 0.2) is 0 Å². The second-order valence-corrected chi connectivity index (χ2v) is 4.11. The molecule has 0 spiro atoms. The molecule has 0 aromatic carbocycles. The molecule has 0 rings (SSSR count). The van der Waals surface area contributed by atoms with Gasteiger partial charge in [-0.1, -0.05) is 20.8 Å². The van der Waals surface area contributed by atoms with Gasteiger partial charge in [0.1, 0.15) is 0 Å². The first kappa shape index (κ1) is 12.8. The first-order chi connectivity index (χ1) is 6.10. The summed E-state index contributed by atoms with van der Waals surface area (Å²) in [6.45, 7) is 6.26. The van der Waals surface area contributed by atoms with E-state index in [0.717, 1.165) is 12.8 Å². The molecule has 0 aliphatic rings. The fraction of sp³-hybridized carbons (Fsp3) is 0.900. The average Bonchev–Trinajstić information content (AvgIpc) is 2.02. The molecule has 78 valence electrons. The summed E-state index contributed by atoms with van der Waals surface area (Å²) in [5.74, 6) is 1.20. The maximum atomic E-state index is 11.2. The Labute approximate surface area is 86.0 Å². The van der Waals surface area contributed by atoms with Crippen molar-refractivity contribution in [2.45, 2.75) is 46.1 Å². The minimum Gasteiger partial charge on any atom is -0.352 e. The topological polar surface area (TPSA) is 29.1 Å². The van der Waals surface area contributed by atoms with Crippen LogP contribution in [0.3, 0.4) is 0 Å². The summed E-state index contributed by atoms with van der Waals surface area (Å²) >= 11 is 5.74. The molecule has 1 atom stereocenters. The van der Waals surface area contributed by atoms with Crippen LogP contribution in [0.15, 0.2) is 0 Å². The van der Waals surface area contributed by atoms with E-state index in [4.69, 9.17) is 11.6 Å². The number of hydrogen-bond acceptors (Lipinski definition) is 1. The molecule has 0 aromatic rings. The quantitative estimate of drug-likeness (QED) is 0.664. The zero-order chi connectivity index (χ0) is 10.3. The molecular formula is C10H20ClNO. The van der Waals surface area contributed by atoms with Gasteiger partial charge in [0.2, 0.25) is 5.91 Å². The van der Waals surface area contributed by atoms with Gasteiger partial charge in [0.25, 0.3) is 0 Å². The van der Waals surface area contributed by atoms with E-state index in [1.54, 1.807) is 0 Å². The third kappa shape index (κ3) is 6.88. The standard InChI is InChI=1S/C10H20ClNO/c1-4-5-10(13)12-9(7-11)6-8(2)3/h8-9H,4-7H2,1-3H3,(H,12,13). The van der Waals surface area contributed by atoms with Crippen LogP contribution >= 0.6 is 11.6 Å². The van der Waals surface area contributed by atoms with Gasteiger partial charge in [-0.2, -0.15) is 0 Å². The van der Waals surface area contributed by atoms with E-state index in [0.29, 0.717) is 18.2 Å². The van der Waals surface area contributed by atoms with Gasteiger partial charge >= 0.3 is 0 Å². The number of carbonyl (C=O) groups is 1. The van der Waals surface area contributed by atoms with Crippen LogP contribution in [0.4, 0.5) is 0 Å². The summed E-state index contributed by atoms with van der Waals surface area (Å²) in [6, 6.07) is 0.140. The lowest BCUT2D eigenvalue weighted by Crippen LogP contribution is -2.36. The Balaban J connectivity index is 3.76. The van der Waals surface area contributed by atoms with Crippen LogP contribution in [0.1, 0.15) is 40.0 Å². The summed E-state index contributed by atoms with van der Waals surface area (Å²) < 4.78 is 0. The lowest BCUT2D eigenvalue weighted by atomic mass is 10.1. The normalized spacial score (nSPS) is 13.0. The molecule has 0 aliphatic carbocycles. The SMILES string of the molecule is CCCC(=O)NC(CCl)CC(C)C. The van der Waals surface area contributed by atoms with Crippen molar-refractivity contribution in [3.05, 3.63) is 0 Å². The van der Waals surface area contributed by atoms with Gasteiger partial charge in [0.05, 0.1) is 0 Å². The fourth-order valence-corrected chi connectivity index (χ4v) is 1.46. The highest BCUT2D eigenvalue weighted by Gasteiger charge is 2.11. The maximum Gasteiger partial charge on any atom is 0.220 e. The lowest BCUT2D eigenvalue weighted by Gasteiger charge is -2.17. The van der Waals surface area contributed by atoms with E-state index >= 15 is 0 Å². The van der Waals surface area contributed by atoms with Crippen molar-refractivity contribution in [2.75, 3.05) is 5.88 Å². The second-order valence-electron chi connectivity index (χ2n) is 3.80. The molecular weight excluding hydrogens is 186 g/mol. The Morgan fingerprint density at radius 2 is 2.08 bits per heavy atom. The zero-order valence-corrected chi connectivity index (χ0v) is 9.53. The van der Waals surface area contributed by atoms with Crippen molar-refractivity contribution in [2.24, 2.45) is 5.92 Å². The van der Waals surface area contributed by atoms with Crippen molar-refractivity contribution in [3.63, 3.8) is 0 Å². The van der Waals surface area contributed by atoms with Crippen LogP contribution in [0.2, 0.25) is 0 Å². The van der Waals surface area contributed by atoms with E-state index < -0.39 is 0 Å². The molecule has 1 N–H and O–H groups in total. The lowest BCUT2D eigenvalue weighted by molar-refractivity contribution is -0.121. The number of amides is 1. The molecule has 0 aliphatic heterocycles. The summed E-state index contributed by atoms with van der Waals surface area (Å²) in [4.78, 5) is 11.2. The Morgan fingerprint density at radius 1 is 1.46 bits per heavy atom. The van der Waals surface area contributed by atoms with Gasteiger partial charge in [-0.3, -0.25) is 4.79 Å². The number of halogens is 1. The molecule has 0 saturated heterocycles. The van der Waals surface area contributed by atoms with Crippen molar-refractivity contribution in [1.82, 2.24) is 5.32 Å².